The van der Waals surface area contributed by atoms with Crippen LogP contribution in [0.2, 0.25) is 0 Å². The summed E-state index contributed by atoms with van der Waals surface area (Å²) in [4.78, 5) is 12.4. The first-order valence-corrected chi connectivity index (χ1v) is 7.40. The van der Waals surface area contributed by atoms with E-state index in [9.17, 15) is 4.79 Å². The van der Waals surface area contributed by atoms with E-state index in [2.05, 4.69) is 20.8 Å². The van der Waals surface area contributed by atoms with E-state index in [1.165, 1.54) is 12.8 Å². The molecule has 0 radical (unpaired) electrons. The highest BCUT2D eigenvalue weighted by Crippen LogP contribution is 2.63. The highest BCUT2D eigenvalue weighted by molar-refractivity contribution is 5.95. The fourth-order valence-electron chi connectivity index (χ4n) is 4.40. The lowest BCUT2D eigenvalue weighted by atomic mass is 9.70. The standard InChI is InChI=1S/C17H23NO2/c1-16(2)11-8-9-17(3,10-11)15(16)20-14(19)12-6-4-5-7-13(12)18/h4-7,11,15H,8-10,18H2,1-3H3/t11-,15+,17-/m0/s1. The van der Waals surface area contributed by atoms with Gasteiger partial charge < -0.3 is 10.5 Å². The number of benzene rings is 1. The normalized spacial score (nSPS) is 34.1. The number of carbonyl (C=O) groups is 1. The zero-order chi connectivity index (χ0) is 14.5. The van der Waals surface area contributed by atoms with Crippen molar-refractivity contribution in [1.29, 1.82) is 0 Å². The molecule has 0 heterocycles. The number of rotatable bonds is 2. The maximum Gasteiger partial charge on any atom is 0.340 e. The van der Waals surface area contributed by atoms with E-state index in [-0.39, 0.29) is 22.9 Å². The molecule has 2 aliphatic carbocycles. The van der Waals surface area contributed by atoms with Gasteiger partial charge in [-0.15, -0.1) is 0 Å². The molecule has 108 valence electrons. The third kappa shape index (κ3) is 1.83. The van der Waals surface area contributed by atoms with Crippen LogP contribution in [0.4, 0.5) is 5.69 Å². The molecular weight excluding hydrogens is 250 g/mol. The van der Waals surface area contributed by atoms with Crippen molar-refractivity contribution in [3.8, 4) is 0 Å². The lowest BCUT2D eigenvalue weighted by molar-refractivity contribution is -0.0583. The van der Waals surface area contributed by atoms with Gasteiger partial charge in [-0.05, 0) is 37.3 Å². The molecule has 0 aromatic heterocycles. The molecule has 0 saturated heterocycles. The van der Waals surface area contributed by atoms with Crippen molar-refractivity contribution in [2.24, 2.45) is 16.7 Å². The molecule has 2 saturated carbocycles. The smallest absolute Gasteiger partial charge is 0.340 e. The first-order valence-electron chi connectivity index (χ1n) is 7.40. The molecule has 3 nitrogen and oxygen atoms in total. The minimum atomic E-state index is -0.282. The van der Waals surface area contributed by atoms with Gasteiger partial charge in [-0.1, -0.05) is 32.9 Å². The Hall–Kier alpha value is -1.51. The molecule has 0 unspecified atom stereocenters. The lowest BCUT2D eigenvalue weighted by Crippen LogP contribution is -2.43. The molecule has 0 amide bonds. The zero-order valence-corrected chi connectivity index (χ0v) is 12.5. The lowest BCUT2D eigenvalue weighted by Gasteiger charge is -2.41. The Morgan fingerprint density at radius 2 is 2.00 bits per heavy atom. The molecular formula is C17H23NO2. The van der Waals surface area contributed by atoms with Crippen LogP contribution in [0.1, 0.15) is 50.4 Å². The summed E-state index contributed by atoms with van der Waals surface area (Å²) < 4.78 is 5.91. The molecule has 3 heteroatoms. The van der Waals surface area contributed by atoms with E-state index in [1.54, 1.807) is 12.1 Å². The van der Waals surface area contributed by atoms with Gasteiger partial charge in [-0.2, -0.15) is 0 Å². The van der Waals surface area contributed by atoms with Crippen molar-refractivity contribution in [3.63, 3.8) is 0 Å². The van der Waals surface area contributed by atoms with E-state index < -0.39 is 0 Å². The minimum absolute atomic E-state index is 0.0131. The predicted octanol–water partition coefficient (Wildman–Crippen LogP) is 3.64. The van der Waals surface area contributed by atoms with E-state index in [4.69, 9.17) is 10.5 Å². The molecule has 2 aliphatic rings. The van der Waals surface area contributed by atoms with E-state index in [0.29, 0.717) is 17.2 Å². The van der Waals surface area contributed by atoms with Crippen molar-refractivity contribution < 1.29 is 9.53 Å². The highest BCUT2D eigenvalue weighted by atomic mass is 16.5. The summed E-state index contributed by atoms with van der Waals surface area (Å²) in [5, 5.41) is 0. The monoisotopic (exact) mass is 273 g/mol. The third-order valence-corrected chi connectivity index (χ3v) is 5.54. The zero-order valence-electron chi connectivity index (χ0n) is 12.5. The maximum absolute atomic E-state index is 12.4. The summed E-state index contributed by atoms with van der Waals surface area (Å²) in [7, 11) is 0. The van der Waals surface area contributed by atoms with Crippen molar-refractivity contribution in [2.75, 3.05) is 5.73 Å². The average Bonchev–Trinajstić information content (AvgIpc) is 2.86. The first kappa shape index (κ1) is 13.5. The van der Waals surface area contributed by atoms with Crippen LogP contribution in [-0.2, 0) is 4.74 Å². The van der Waals surface area contributed by atoms with Crippen LogP contribution in [0.3, 0.4) is 0 Å². The average molecular weight is 273 g/mol. The van der Waals surface area contributed by atoms with Crippen molar-refractivity contribution in [3.05, 3.63) is 29.8 Å². The second-order valence-corrected chi connectivity index (χ2v) is 7.29. The van der Waals surface area contributed by atoms with Crippen molar-refractivity contribution in [1.82, 2.24) is 0 Å². The Labute approximate surface area is 120 Å². The van der Waals surface area contributed by atoms with E-state index in [1.807, 2.05) is 12.1 Å². The number of fused-ring (bicyclic) bond motifs is 2. The summed E-state index contributed by atoms with van der Waals surface area (Å²) in [5.74, 6) is 0.383. The summed E-state index contributed by atoms with van der Waals surface area (Å²) in [6.07, 6.45) is 3.57. The molecule has 1 aromatic carbocycles. The van der Waals surface area contributed by atoms with Gasteiger partial charge in [-0.25, -0.2) is 4.79 Å². The van der Waals surface area contributed by atoms with Gasteiger partial charge in [0.1, 0.15) is 6.10 Å². The Bertz CT molecular complexity index is 547. The van der Waals surface area contributed by atoms with Crippen LogP contribution >= 0.6 is 0 Å². The van der Waals surface area contributed by atoms with Crippen LogP contribution in [-0.4, -0.2) is 12.1 Å². The molecule has 3 rings (SSSR count). The first-order chi connectivity index (χ1) is 9.34. The number of esters is 1. The number of hydrogen-bond donors (Lipinski definition) is 1. The number of ether oxygens (including phenoxy) is 1. The second kappa shape index (κ2) is 4.24. The minimum Gasteiger partial charge on any atom is -0.458 e. The van der Waals surface area contributed by atoms with Crippen LogP contribution in [0.15, 0.2) is 24.3 Å². The number of carbonyl (C=O) groups excluding carboxylic acids is 1. The van der Waals surface area contributed by atoms with Crippen molar-refractivity contribution >= 4 is 11.7 Å². The van der Waals surface area contributed by atoms with Gasteiger partial charge >= 0.3 is 5.97 Å². The molecule has 20 heavy (non-hydrogen) atoms. The van der Waals surface area contributed by atoms with Gasteiger partial charge in [0.05, 0.1) is 5.56 Å². The van der Waals surface area contributed by atoms with Crippen LogP contribution in [0.5, 0.6) is 0 Å². The molecule has 3 atom stereocenters. The fourth-order valence-corrected chi connectivity index (χ4v) is 4.40. The number of para-hydroxylation sites is 1. The number of anilines is 1. The summed E-state index contributed by atoms with van der Waals surface area (Å²) >= 11 is 0. The largest absolute Gasteiger partial charge is 0.458 e. The molecule has 0 spiro atoms. The summed E-state index contributed by atoms with van der Waals surface area (Å²) in [5.41, 5.74) is 7.04. The molecule has 2 N–H and O–H groups in total. The predicted molar refractivity (Wildman–Crippen MR) is 79.3 cm³/mol. The number of nitrogen functional groups attached to an aromatic ring is 1. The number of nitrogens with two attached hydrogens (primary N) is 1. The molecule has 2 fully saturated rings. The van der Waals surface area contributed by atoms with Gasteiger partial charge in [0.2, 0.25) is 0 Å². The van der Waals surface area contributed by atoms with E-state index >= 15 is 0 Å². The highest BCUT2D eigenvalue weighted by Gasteiger charge is 2.61. The second-order valence-electron chi connectivity index (χ2n) is 7.29. The van der Waals surface area contributed by atoms with Crippen LogP contribution < -0.4 is 5.73 Å². The third-order valence-electron chi connectivity index (χ3n) is 5.54. The molecule has 1 aromatic rings. The Kier molecular flexibility index (Phi) is 2.86. The summed E-state index contributed by atoms with van der Waals surface area (Å²) in [6, 6.07) is 7.12. The number of hydrogen-bond acceptors (Lipinski definition) is 3. The summed E-state index contributed by atoms with van der Waals surface area (Å²) in [6.45, 7) is 6.72. The topological polar surface area (TPSA) is 52.3 Å². The SMILES string of the molecule is CC1(C)[C@H]2CC[C@@](C)(C2)[C@@H]1OC(=O)c1ccccc1N. The Morgan fingerprint density at radius 1 is 1.30 bits per heavy atom. The van der Waals surface area contributed by atoms with Gasteiger partial charge in [0, 0.05) is 16.5 Å². The van der Waals surface area contributed by atoms with Gasteiger partial charge in [0.15, 0.2) is 0 Å². The van der Waals surface area contributed by atoms with Gasteiger partial charge in [-0.3, -0.25) is 0 Å². The molecule has 0 aliphatic heterocycles. The van der Waals surface area contributed by atoms with Crippen molar-refractivity contribution in [2.45, 2.75) is 46.1 Å². The molecule has 2 bridgehead atoms. The van der Waals surface area contributed by atoms with E-state index in [0.717, 1.165) is 6.42 Å². The van der Waals surface area contributed by atoms with Gasteiger partial charge in [0.25, 0.3) is 0 Å². The van der Waals surface area contributed by atoms with Crippen LogP contribution in [0.25, 0.3) is 0 Å². The fraction of sp³-hybridized carbons (Fsp3) is 0.588. The Morgan fingerprint density at radius 3 is 2.60 bits per heavy atom. The maximum atomic E-state index is 12.4. The quantitative estimate of drug-likeness (QED) is 0.661. The van der Waals surface area contributed by atoms with Crippen LogP contribution in [0, 0.1) is 16.7 Å². The Balaban J connectivity index is 1.85.